The van der Waals surface area contributed by atoms with Crippen LogP contribution in [0.1, 0.15) is 6.92 Å². The first-order valence-electron chi connectivity index (χ1n) is 4.51. The smallest absolute Gasteiger partial charge is 0.294 e. The molecule has 7 heteroatoms. The fourth-order valence-electron chi connectivity index (χ4n) is 1.51. The van der Waals surface area contributed by atoms with Crippen LogP contribution in [0.2, 0.25) is 0 Å². The lowest BCUT2D eigenvalue weighted by Crippen LogP contribution is -2.17. The SMILES string of the molecule is CCN1CSc2cc(S(=O)(=O)O)ccc21.N. The van der Waals surface area contributed by atoms with Crippen molar-refractivity contribution in [3.05, 3.63) is 18.2 Å². The Kier molecular flexibility index (Phi) is 3.84. The summed E-state index contributed by atoms with van der Waals surface area (Å²) >= 11 is 1.58. The van der Waals surface area contributed by atoms with Gasteiger partial charge in [0.1, 0.15) is 0 Å². The maximum atomic E-state index is 10.9. The molecule has 1 aromatic rings. The number of nitrogens with zero attached hydrogens (tertiary/aromatic N) is 1. The molecule has 1 heterocycles. The van der Waals surface area contributed by atoms with Gasteiger partial charge in [-0.2, -0.15) is 8.42 Å². The van der Waals surface area contributed by atoms with Crippen LogP contribution in [0.3, 0.4) is 0 Å². The molecule has 0 bridgehead atoms. The Labute approximate surface area is 99.2 Å². The molecule has 0 spiro atoms. The highest BCUT2D eigenvalue weighted by atomic mass is 32.2. The number of fused-ring (bicyclic) bond motifs is 1. The highest BCUT2D eigenvalue weighted by molar-refractivity contribution is 8.00. The number of hydrogen-bond acceptors (Lipinski definition) is 5. The third-order valence-electron chi connectivity index (χ3n) is 2.33. The van der Waals surface area contributed by atoms with Crippen LogP contribution in [0, 0.1) is 0 Å². The molecule has 0 aromatic heterocycles. The number of thioether (sulfide) groups is 1. The summed E-state index contributed by atoms with van der Waals surface area (Å²) in [6.07, 6.45) is 0. The van der Waals surface area contributed by atoms with E-state index in [2.05, 4.69) is 4.90 Å². The van der Waals surface area contributed by atoms with Crippen molar-refractivity contribution in [1.82, 2.24) is 6.15 Å². The minimum absolute atomic E-state index is 0. The molecule has 0 fully saturated rings. The van der Waals surface area contributed by atoms with Gasteiger partial charge >= 0.3 is 0 Å². The molecule has 4 N–H and O–H groups in total. The minimum atomic E-state index is -4.08. The number of anilines is 1. The fraction of sp³-hybridized carbons (Fsp3) is 0.333. The normalized spacial score (nSPS) is 14.5. The minimum Gasteiger partial charge on any atom is -0.361 e. The second kappa shape index (κ2) is 4.62. The van der Waals surface area contributed by atoms with Gasteiger partial charge in [0.25, 0.3) is 10.1 Å². The van der Waals surface area contributed by atoms with Crippen molar-refractivity contribution >= 4 is 27.6 Å². The second-order valence-electron chi connectivity index (χ2n) is 3.23. The summed E-state index contributed by atoms with van der Waals surface area (Å²) in [5, 5.41) is 0. The average molecular weight is 262 g/mol. The van der Waals surface area contributed by atoms with Gasteiger partial charge in [-0.15, -0.1) is 11.8 Å². The summed E-state index contributed by atoms with van der Waals surface area (Å²) in [6.45, 7) is 2.94. The number of rotatable bonds is 2. The summed E-state index contributed by atoms with van der Waals surface area (Å²) in [4.78, 5) is 3.02. The largest absolute Gasteiger partial charge is 0.361 e. The third-order valence-corrected chi connectivity index (χ3v) is 4.26. The molecule has 16 heavy (non-hydrogen) atoms. The van der Waals surface area contributed by atoms with Crippen molar-refractivity contribution in [2.45, 2.75) is 16.7 Å². The predicted octanol–water partition coefficient (Wildman–Crippen LogP) is 1.98. The molecular weight excluding hydrogens is 248 g/mol. The van der Waals surface area contributed by atoms with E-state index in [1.807, 2.05) is 6.92 Å². The van der Waals surface area contributed by atoms with E-state index in [0.29, 0.717) is 0 Å². The molecule has 1 aliphatic rings. The monoisotopic (exact) mass is 262 g/mol. The van der Waals surface area contributed by atoms with Crippen molar-refractivity contribution in [2.75, 3.05) is 17.3 Å². The van der Waals surface area contributed by atoms with Crippen molar-refractivity contribution in [1.29, 1.82) is 0 Å². The number of hydrogen-bond donors (Lipinski definition) is 2. The van der Waals surface area contributed by atoms with Crippen LogP contribution in [0.15, 0.2) is 28.0 Å². The summed E-state index contributed by atoms with van der Waals surface area (Å²) < 4.78 is 30.7. The van der Waals surface area contributed by atoms with E-state index >= 15 is 0 Å². The van der Waals surface area contributed by atoms with E-state index < -0.39 is 10.1 Å². The summed E-state index contributed by atoms with van der Waals surface area (Å²) in [6, 6.07) is 4.69. The lowest BCUT2D eigenvalue weighted by atomic mass is 10.3. The van der Waals surface area contributed by atoms with Gasteiger partial charge < -0.3 is 11.1 Å². The van der Waals surface area contributed by atoms with Gasteiger partial charge in [-0.3, -0.25) is 4.55 Å². The van der Waals surface area contributed by atoms with Gasteiger partial charge in [0.2, 0.25) is 0 Å². The maximum absolute atomic E-state index is 10.9. The highest BCUT2D eigenvalue weighted by Gasteiger charge is 2.20. The Morgan fingerprint density at radius 3 is 2.75 bits per heavy atom. The fourth-order valence-corrected chi connectivity index (χ4v) is 3.26. The van der Waals surface area contributed by atoms with Gasteiger partial charge in [0.05, 0.1) is 16.5 Å². The third kappa shape index (κ3) is 2.32. The molecule has 90 valence electrons. The summed E-state index contributed by atoms with van der Waals surface area (Å²) in [5.74, 6) is 0.834. The van der Waals surface area contributed by atoms with Gasteiger partial charge in [-0.05, 0) is 25.1 Å². The van der Waals surface area contributed by atoms with Crippen molar-refractivity contribution in [2.24, 2.45) is 0 Å². The summed E-state index contributed by atoms with van der Waals surface area (Å²) in [5.41, 5.74) is 1.04. The molecule has 5 nitrogen and oxygen atoms in total. The van der Waals surface area contributed by atoms with E-state index in [4.69, 9.17) is 4.55 Å². The molecule has 0 amide bonds. The molecule has 1 aliphatic heterocycles. The first-order chi connectivity index (χ1) is 7.02. The van der Waals surface area contributed by atoms with Gasteiger partial charge in [-0.1, -0.05) is 0 Å². The first kappa shape index (κ1) is 13.3. The molecule has 0 aliphatic carbocycles. The Morgan fingerprint density at radius 1 is 1.50 bits per heavy atom. The lowest BCUT2D eigenvalue weighted by Gasteiger charge is -2.15. The van der Waals surface area contributed by atoms with E-state index in [1.165, 1.54) is 12.1 Å². The first-order valence-corrected chi connectivity index (χ1v) is 6.94. The topological polar surface area (TPSA) is 92.6 Å². The Morgan fingerprint density at radius 2 is 2.19 bits per heavy atom. The van der Waals surface area contributed by atoms with E-state index in [9.17, 15) is 8.42 Å². The van der Waals surface area contributed by atoms with Crippen LogP contribution in [-0.2, 0) is 10.1 Å². The second-order valence-corrected chi connectivity index (χ2v) is 5.64. The molecule has 0 atom stereocenters. The van der Waals surface area contributed by atoms with Crippen molar-refractivity contribution in [3.63, 3.8) is 0 Å². The van der Waals surface area contributed by atoms with Crippen molar-refractivity contribution in [3.8, 4) is 0 Å². The van der Waals surface area contributed by atoms with Crippen LogP contribution in [0.4, 0.5) is 5.69 Å². The van der Waals surface area contributed by atoms with Crippen molar-refractivity contribution < 1.29 is 13.0 Å². The van der Waals surface area contributed by atoms with Crippen LogP contribution in [-0.4, -0.2) is 25.4 Å². The molecule has 0 radical (unpaired) electrons. The van der Waals surface area contributed by atoms with Gasteiger partial charge in [0.15, 0.2) is 0 Å². The molecular formula is C9H14N2O3S2. The lowest BCUT2D eigenvalue weighted by molar-refractivity contribution is 0.483. The molecule has 0 saturated heterocycles. The Balaban J connectivity index is 0.00000128. The maximum Gasteiger partial charge on any atom is 0.294 e. The van der Waals surface area contributed by atoms with Crippen LogP contribution in [0.25, 0.3) is 0 Å². The van der Waals surface area contributed by atoms with E-state index in [-0.39, 0.29) is 11.0 Å². The predicted molar refractivity (Wildman–Crippen MR) is 65.0 cm³/mol. The zero-order chi connectivity index (χ0) is 11.1. The highest BCUT2D eigenvalue weighted by Crippen LogP contribution is 2.39. The standard InChI is InChI=1S/C9H11NO3S2.H3N/c1-2-10-6-14-9-5-7(15(11,12)13)3-4-8(9)10;/h3-5H,2,6H2,1H3,(H,11,12,13);1H3. The molecule has 0 saturated carbocycles. The Hall–Kier alpha value is -0.760. The molecule has 1 aromatic carbocycles. The summed E-state index contributed by atoms with van der Waals surface area (Å²) in [7, 11) is -4.08. The van der Waals surface area contributed by atoms with E-state index in [0.717, 1.165) is 23.0 Å². The van der Waals surface area contributed by atoms with Crippen LogP contribution >= 0.6 is 11.8 Å². The van der Waals surface area contributed by atoms with Gasteiger partial charge in [0, 0.05) is 11.4 Å². The molecule has 0 unspecified atom stereocenters. The Bertz CT molecular complexity index is 488. The average Bonchev–Trinajstić information content (AvgIpc) is 2.58. The zero-order valence-corrected chi connectivity index (χ0v) is 10.5. The van der Waals surface area contributed by atoms with Gasteiger partial charge in [-0.25, -0.2) is 0 Å². The molecule has 2 rings (SSSR count). The van der Waals surface area contributed by atoms with Crippen LogP contribution < -0.4 is 11.1 Å². The quantitative estimate of drug-likeness (QED) is 0.792. The van der Waals surface area contributed by atoms with Crippen LogP contribution in [0.5, 0.6) is 0 Å². The zero-order valence-electron chi connectivity index (χ0n) is 8.88. The van der Waals surface area contributed by atoms with E-state index in [1.54, 1.807) is 17.8 Å². The number of benzene rings is 1.